The summed E-state index contributed by atoms with van der Waals surface area (Å²) in [5.41, 5.74) is 10.2. The van der Waals surface area contributed by atoms with E-state index in [4.69, 9.17) is 5.73 Å². The minimum atomic E-state index is -3.65. The van der Waals surface area contributed by atoms with Crippen molar-refractivity contribution in [3.05, 3.63) is 89.5 Å². The van der Waals surface area contributed by atoms with E-state index in [-0.39, 0.29) is 10.8 Å². The topological polar surface area (TPSA) is 92.5 Å². The molecule has 0 atom stereocenters. The number of fused-ring (bicyclic) bond motifs is 1. The number of carbonyl (C=O) groups excluding carboxylic acids is 1. The van der Waals surface area contributed by atoms with Crippen LogP contribution in [0.2, 0.25) is 0 Å². The maximum atomic E-state index is 13.0. The van der Waals surface area contributed by atoms with Crippen molar-refractivity contribution in [3.8, 4) is 0 Å². The number of hydrogen-bond donors (Lipinski definition) is 2. The van der Waals surface area contributed by atoms with Crippen LogP contribution in [0.3, 0.4) is 0 Å². The van der Waals surface area contributed by atoms with Crippen LogP contribution in [0.1, 0.15) is 29.5 Å². The van der Waals surface area contributed by atoms with E-state index in [0.717, 1.165) is 35.2 Å². The molecule has 32 heavy (non-hydrogen) atoms. The maximum Gasteiger partial charge on any atom is 0.261 e. The Hall–Kier alpha value is -3.16. The minimum Gasteiger partial charge on any atom is -0.326 e. The van der Waals surface area contributed by atoms with E-state index in [1.54, 1.807) is 36.4 Å². The number of hydrogen-bond acceptors (Lipinski definition) is 4. The second-order valence-corrected chi connectivity index (χ2v) is 9.61. The van der Waals surface area contributed by atoms with Gasteiger partial charge < -0.3 is 10.6 Å². The van der Waals surface area contributed by atoms with Crippen molar-refractivity contribution in [2.24, 2.45) is 5.73 Å². The molecule has 166 valence electrons. The van der Waals surface area contributed by atoms with E-state index in [9.17, 15) is 13.2 Å². The number of nitrogens with two attached hydrogens (primary N) is 1. The smallest absolute Gasteiger partial charge is 0.261 e. The van der Waals surface area contributed by atoms with E-state index >= 15 is 0 Å². The molecule has 3 N–H and O–H groups in total. The summed E-state index contributed by atoms with van der Waals surface area (Å²) in [6, 6.07) is 21.7. The first-order valence-corrected chi connectivity index (χ1v) is 12.2. The predicted molar refractivity (Wildman–Crippen MR) is 127 cm³/mol. The number of carbonyl (C=O) groups is 1. The summed E-state index contributed by atoms with van der Waals surface area (Å²) in [4.78, 5) is 15.0. The van der Waals surface area contributed by atoms with E-state index in [1.165, 1.54) is 0 Å². The van der Waals surface area contributed by atoms with Crippen molar-refractivity contribution >= 4 is 27.3 Å². The van der Waals surface area contributed by atoms with E-state index < -0.39 is 10.0 Å². The number of aryl methyl sites for hydroxylation is 2. The number of amides is 1. The molecule has 3 aromatic carbocycles. The molecule has 0 aliphatic carbocycles. The van der Waals surface area contributed by atoms with Gasteiger partial charge >= 0.3 is 0 Å². The maximum absolute atomic E-state index is 13.0. The summed E-state index contributed by atoms with van der Waals surface area (Å²) in [6.07, 6.45) is 2.74. The summed E-state index contributed by atoms with van der Waals surface area (Å²) in [7, 11) is -3.65. The van der Waals surface area contributed by atoms with Gasteiger partial charge in [-0.3, -0.25) is 9.52 Å². The van der Waals surface area contributed by atoms with E-state index in [0.29, 0.717) is 31.6 Å². The molecule has 6 nitrogen and oxygen atoms in total. The van der Waals surface area contributed by atoms with Gasteiger partial charge in [0, 0.05) is 30.9 Å². The standard InChI is InChI=1S/C25H27N3O3S/c26-18-20-10-8-19(9-11-20)12-15-25(29)28-16-4-5-21-17-22(13-14-24(21)28)27-32(30,31)23-6-2-1-3-7-23/h1-3,6-11,13-14,17,27H,4-5,12,15-16,18,26H2. The van der Waals surface area contributed by atoms with Crippen molar-refractivity contribution in [2.45, 2.75) is 37.1 Å². The van der Waals surface area contributed by atoms with Gasteiger partial charge in [-0.1, -0.05) is 42.5 Å². The van der Waals surface area contributed by atoms with Gasteiger partial charge in [0.05, 0.1) is 4.90 Å². The van der Waals surface area contributed by atoms with E-state index in [1.807, 2.05) is 41.3 Å². The van der Waals surface area contributed by atoms with Gasteiger partial charge in [-0.2, -0.15) is 0 Å². The Bertz CT molecular complexity index is 1190. The van der Waals surface area contributed by atoms with Crippen LogP contribution in [-0.2, 0) is 34.2 Å². The van der Waals surface area contributed by atoms with Crippen LogP contribution < -0.4 is 15.4 Å². The minimum absolute atomic E-state index is 0.0754. The lowest BCUT2D eigenvalue weighted by Gasteiger charge is -2.30. The molecule has 3 aromatic rings. The molecule has 7 heteroatoms. The fourth-order valence-corrected chi connectivity index (χ4v) is 5.03. The zero-order chi connectivity index (χ0) is 22.6. The third-order valence-electron chi connectivity index (χ3n) is 5.69. The van der Waals surface area contributed by atoms with Gasteiger partial charge in [-0.05, 0) is 66.3 Å². The molecule has 0 saturated heterocycles. The summed E-state index contributed by atoms with van der Waals surface area (Å²) in [6.45, 7) is 1.18. The Labute approximate surface area is 189 Å². The third kappa shape index (κ3) is 5.00. The van der Waals surface area contributed by atoms with Gasteiger partial charge in [0.2, 0.25) is 5.91 Å². The monoisotopic (exact) mass is 449 g/mol. The first kappa shape index (κ1) is 22.0. The first-order valence-electron chi connectivity index (χ1n) is 10.8. The van der Waals surface area contributed by atoms with Crippen molar-refractivity contribution in [3.63, 3.8) is 0 Å². The van der Waals surface area contributed by atoms with Crippen molar-refractivity contribution in [1.29, 1.82) is 0 Å². The molecule has 0 bridgehead atoms. The summed E-state index contributed by atoms with van der Waals surface area (Å²) in [5.74, 6) is 0.0754. The highest BCUT2D eigenvalue weighted by Crippen LogP contribution is 2.31. The fraction of sp³-hybridized carbons (Fsp3) is 0.240. The normalized spacial score (nSPS) is 13.5. The molecule has 0 saturated carbocycles. The Morgan fingerprint density at radius 2 is 1.69 bits per heavy atom. The Morgan fingerprint density at radius 3 is 2.41 bits per heavy atom. The second-order valence-electron chi connectivity index (χ2n) is 7.93. The molecule has 1 aliphatic rings. The van der Waals surface area contributed by atoms with Gasteiger partial charge in [-0.15, -0.1) is 0 Å². The van der Waals surface area contributed by atoms with Gasteiger partial charge in [0.15, 0.2) is 0 Å². The van der Waals surface area contributed by atoms with Crippen LogP contribution in [0.25, 0.3) is 0 Å². The Balaban J connectivity index is 1.46. The SMILES string of the molecule is NCc1ccc(CCC(=O)N2CCCc3cc(NS(=O)(=O)c4ccccc4)ccc32)cc1. The van der Waals surface area contributed by atoms with Gasteiger partial charge in [0.1, 0.15) is 0 Å². The van der Waals surface area contributed by atoms with Crippen LogP contribution in [-0.4, -0.2) is 20.9 Å². The van der Waals surface area contributed by atoms with Crippen molar-refractivity contribution in [2.75, 3.05) is 16.2 Å². The van der Waals surface area contributed by atoms with Gasteiger partial charge in [0.25, 0.3) is 10.0 Å². The highest BCUT2D eigenvalue weighted by atomic mass is 32.2. The largest absolute Gasteiger partial charge is 0.326 e. The molecular weight excluding hydrogens is 422 g/mol. The number of nitrogens with one attached hydrogen (secondary N) is 1. The summed E-state index contributed by atoms with van der Waals surface area (Å²) >= 11 is 0. The average Bonchev–Trinajstić information content (AvgIpc) is 2.82. The number of anilines is 2. The van der Waals surface area contributed by atoms with Crippen LogP contribution in [0.15, 0.2) is 77.7 Å². The van der Waals surface area contributed by atoms with Crippen molar-refractivity contribution < 1.29 is 13.2 Å². The molecule has 4 rings (SSSR count). The summed E-state index contributed by atoms with van der Waals surface area (Å²) in [5, 5.41) is 0. The highest BCUT2D eigenvalue weighted by Gasteiger charge is 2.23. The zero-order valence-electron chi connectivity index (χ0n) is 17.8. The lowest BCUT2D eigenvalue weighted by Crippen LogP contribution is -2.35. The van der Waals surface area contributed by atoms with Crippen LogP contribution in [0.4, 0.5) is 11.4 Å². The lowest BCUT2D eigenvalue weighted by atomic mass is 10.00. The first-order chi connectivity index (χ1) is 15.5. The fourth-order valence-electron chi connectivity index (χ4n) is 3.96. The van der Waals surface area contributed by atoms with Crippen molar-refractivity contribution in [1.82, 2.24) is 0 Å². The number of benzene rings is 3. The molecule has 1 aliphatic heterocycles. The van der Waals surface area contributed by atoms with Crippen LogP contribution >= 0.6 is 0 Å². The molecular formula is C25H27N3O3S. The molecule has 1 amide bonds. The Kier molecular flexibility index (Phi) is 6.58. The second kappa shape index (κ2) is 9.54. The number of rotatable bonds is 7. The Morgan fingerprint density at radius 1 is 0.969 bits per heavy atom. The number of nitrogens with zero attached hydrogens (tertiary/aromatic N) is 1. The highest BCUT2D eigenvalue weighted by molar-refractivity contribution is 7.92. The molecule has 0 fully saturated rings. The summed E-state index contributed by atoms with van der Waals surface area (Å²) < 4.78 is 27.9. The van der Waals surface area contributed by atoms with Crippen LogP contribution in [0, 0.1) is 0 Å². The van der Waals surface area contributed by atoms with E-state index in [2.05, 4.69) is 4.72 Å². The zero-order valence-corrected chi connectivity index (χ0v) is 18.6. The molecule has 0 aromatic heterocycles. The quantitative estimate of drug-likeness (QED) is 0.573. The molecule has 0 spiro atoms. The molecule has 0 radical (unpaired) electrons. The lowest BCUT2D eigenvalue weighted by molar-refractivity contribution is -0.118. The average molecular weight is 450 g/mol. The predicted octanol–water partition coefficient (Wildman–Crippen LogP) is 3.86. The van der Waals surface area contributed by atoms with Crippen LogP contribution in [0.5, 0.6) is 0 Å². The molecule has 0 unspecified atom stereocenters. The van der Waals surface area contributed by atoms with Gasteiger partial charge in [-0.25, -0.2) is 8.42 Å². The molecule has 1 heterocycles. The third-order valence-corrected chi connectivity index (χ3v) is 7.09. The number of sulfonamides is 1.